The van der Waals surface area contributed by atoms with E-state index in [1.165, 1.54) is 10.5 Å². The van der Waals surface area contributed by atoms with E-state index >= 15 is 0 Å². The van der Waals surface area contributed by atoms with Crippen molar-refractivity contribution in [3.8, 4) is 0 Å². The molecule has 0 amide bonds. The van der Waals surface area contributed by atoms with Gasteiger partial charge in [-0.05, 0) is 40.9 Å². The highest BCUT2D eigenvalue weighted by atomic mass is 79.9. The molecule has 3 nitrogen and oxygen atoms in total. The van der Waals surface area contributed by atoms with Crippen LogP contribution in [0.25, 0.3) is 0 Å². The number of aryl methyl sites for hydroxylation is 1. The van der Waals surface area contributed by atoms with Gasteiger partial charge in [-0.1, -0.05) is 18.2 Å². The first kappa shape index (κ1) is 13.2. The van der Waals surface area contributed by atoms with Crippen molar-refractivity contribution in [3.63, 3.8) is 0 Å². The van der Waals surface area contributed by atoms with Gasteiger partial charge >= 0.3 is 0 Å². The van der Waals surface area contributed by atoms with Crippen LogP contribution in [0.3, 0.4) is 0 Å². The van der Waals surface area contributed by atoms with Crippen LogP contribution in [0.1, 0.15) is 24.3 Å². The third-order valence-corrected chi connectivity index (χ3v) is 5.43. The van der Waals surface area contributed by atoms with Gasteiger partial charge in [0.15, 0.2) is 0 Å². The maximum atomic E-state index is 10.7. The highest BCUT2D eigenvalue weighted by Gasteiger charge is 2.32. The Kier molecular flexibility index (Phi) is 3.69. The molecule has 2 heterocycles. The third kappa shape index (κ3) is 2.35. The van der Waals surface area contributed by atoms with Crippen molar-refractivity contribution >= 4 is 27.7 Å². The van der Waals surface area contributed by atoms with E-state index in [2.05, 4.69) is 39.2 Å². The Bertz CT molecular complexity index is 574. The Hall–Kier alpha value is -0.780. The molecule has 5 heteroatoms. The zero-order chi connectivity index (χ0) is 13.4. The lowest BCUT2D eigenvalue weighted by molar-refractivity contribution is 0.163. The van der Waals surface area contributed by atoms with Crippen molar-refractivity contribution < 1.29 is 5.11 Å². The maximum absolute atomic E-state index is 10.7. The SMILES string of the molecule is CCn1ncc(Br)c1C(O)C1Cc2ccccc2S1. The van der Waals surface area contributed by atoms with Crippen LogP contribution in [-0.2, 0) is 13.0 Å². The third-order valence-electron chi connectivity index (χ3n) is 3.44. The molecule has 2 aromatic rings. The predicted octanol–water partition coefficient (Wildman–Crippen LogP) is 3.42. The number of aliphatic hydroxyl groups is 1. The number of fused-ring (bicyclic) bond motifs is 1. The molecule has 2 unspecified atom stereocenters. The fourth-order valence-electron chi connectivity index (χ4n) is 2.48. The number of benzene rings is 1. The topological polar surface area (TPSA) is 38.0 Å². The van der Waals surface area contributed by atoms with Gasteiger partial charge in [0.25, 0.3) is 0 Å². The van der Waals surface area contributed by atoms with Crippen LogP contribution in [0.15, 0.2) is 39.8 Å². The highest BCUT2D eigenvalue weighted by molar-refractivity contribution is 9.10. The zero-order valence-electron chi connectivity index (χ0n) is 10.6. The number of aromatic nitrogens is 2. The molecule has 0 fully saturated rings. The molecule has 0 saturated carbocycles. The van der Waals surface area contributed by atoms with Crippen molar-refractivity contribution in [2.75, 3.05) is 0 Å². The summed E-state index contributed by atoms with van der Waals surface area (Å²) in [7, 11) is 0. The molecule has 0 aliphatic carbocycles. The van der Waals surface area contributed by atoms with Crippen LogP contribution >= 0.6 is 27.7 Å². The number of halogens is 1. The molecule has 19 heavy (non-hydrogen) atoms. The van der Waals surface area contributed by atoms with Gasteiger partial charge in [0, 0.05) is 16.7 Å². The average molecular weight is 339 g/mol. The molecule has 0 radical (unpaired) electrons. The van der Waals surface area contributed by atoms with E-state index in [0.717, 1.165) is 23.1 Å². The van der Waals surface area contributed by atoms with E-state index in [4.69, 9.17) is 0 Å². The van der Waals surface area contributed by atoms with Crippen LogP contribution in [0.4, 0.5) is 0 Å². The van der Waals surface area contributed by atoms with Crippen LogP contribution in [0.5, 0.6) is 0 Å². The van der Waals surface area contributed by atoms with E-state index in [0.29, 0.717) is 0 Å². The monoisotopic (exact) mass is 338 g/mol. The highest BCUT2D eigenvalue weighted by Crippen LogP contribution is 2.43. The minimum atomic E-state index is -0.505. The summed E-state index contributed by atoms with van der Waals surface area (Å²) in [6, 6.07) is 8.37. The number of hydrogen-bond donors (Lipinski definition) is 1. The second-order valence-corrected chi connectivity index (χ2v) is 6.74. The van der Waals surface area contributed by atoms with Gasteiger partial charge < -0.3 is 5.11 Å². The molecular formula is C14H15BrN2OS. The first-order chi connectivity index (χ1) is 9.20. The molecule has 1 N–H and O–H groups in total. The summed E-state index contributed by atoms with van der Waals surface area (Å²) in [5.74, 6) is 0. The van der Waals surface area contributed by atoms with Crippen molar-refractivity contribution in [3.05, 3.63) is 46.2 Å². The van der Waals surface area contributed by atoms with Gasteiger partial charge in [-0.25, -0.2) is 0 Å². The van der Waals surface area contributed by atoms with E-state index in [9.17, 15) is 5.11 Å². The summed E-state index contributed by atoms with van der Waals surface area (Å²) >= 11 is 5.25. The predicted molar refractivity (Wildman–Crippen MR) is 80.4 cm³/mol. The van der Waals surface area contributed by atoms with Crippen molar-refractivity contribution in [2.24, 2.45) is 0 Å². The first-order valence-corrected chi connectivity index (χ1v) is 8.01. The lowest BCUT2D eigenvalue weighted by atomic mass is 10.0. The molecule has 0 spiro atoms. The summed E-state index contributed by atoms with van der Waals surface area (Å²) in [5, 5.41) is 15.1. The van der Waals surface area contributed by atoms with Gasteiger partial charge in [-0.3, -0.25) is 4.68 Å². The van der Waals surface area contributed by atoms with Gasteiger partial charge in [0.2, 0.25) is 0 Å². The molecule has 3 rings (SSSR count). The van der Waals surface area contributed by atoms with Crippen molar-refractivity contribution in [1.29, 1.82) is 0 Å². The second kappa shape index (κ2) is 5.31. The Morgan fingerprint density at radius 3 is 3.05 bits per heavy atom. The standard InChI is InChI=1S/C14H15BrN2OS/c1-2-17-13(10(15)8-16-17)14(18)12-7-9-5-3-4-6-11(9)19-12/h3-6,8,12,14,18H,2,7H2,1H3. The summed E-state index contributed by atoms with van der Waals surface area (Å²) < 4.78 is 2.75. The molecule has 2 atom stereocenters. The number of nitrogens with zero attached hydrogens (tertiary/aromatic N) is 2. The van der Waals surface area contributed by atoms with E-state index < -0.39 is 6.10 Å². The fourth-order valence-corrected chi connectivity index (χ4v) is 4.32. The number of hydrogen-bond acceptors (Lipinski definition) is 3. The summed E-state index contributed by atoms with van der Waals surface area (Å²) in [4.78, 5) is 1.28. The van der Waals surface area contributed by atoms with Gasteiger partial charge in [0.05, 0.1) is 16.4 Å². The number of aliphatic hydroxyl groups excluding tert-OH is 1. The quantitative estimate of drug-likeness (QED) is 0.931. The second-order valence-electron chi connectivity index (χ2n) is 4.61. The molecule has 1 aliphatic heterocycles. The van der Waals surface area contributed by atoms with Crippen molar-refractivity contribution in [2.45, 2.75) is 36.1 Å². The van der Waals surface area contributed by atoms with Crippen LogP contribution in [0, 0.1) is 0 Å². The van der Waals surface area contributed by atoms with Crippen molar-refractivity contribution in [1.82, 2.24) is 9.78 Å². The fraction of sp³-hybridized carbons (Fsp3) is 0.357. The minimum Gasteiger partial charge on any atom is -0.386 e. The Labute approximate surface area is 125 Å². The summed E-state index contributed by atoms with van der Waals surface area (Å²) in [5.41, 5.74) is 2.21. The van der Waals surface area contributed by atoms with Crippen LogP contribution < -0.4 is 0 Å². The first-order valence-electron chi connectivity index (χ1n) is 6.34. The average Bonchev–Trinajstić information content (AvgIpc) is 3.01. The van der Waals surface area contributed by atoms with Crippen LogP contribution in [-0.4, -0.2) is 20.1 Å². The largest absolute Gasteiger partial charge is 0.386 e. The molecule has 100 valence electrons. The number of rotatable bonds is 3. The lowest BCUT2D eigenvalue weighted by Gasteiger charge is -2.18. The maximum Gasteiger partial charge on any atom is 0.109 e. The summed E-state index contributed by atoms with van der Waals surface area (Å²) in [6.07, 6.45) is 2.16. The van der Waals surface area contributed by atoms with E-state index in [-0.39, 0.29) is 5.25 Å². The Balaban J connectivity index is 1.87. The smallest absolute Gasteiger partial charge is 0.109 e. The minimum absolute atomic E-state index is 0.163. The Morgan fingerprint density at radius 1 is 1.53 bits per heavy atom. The normalized spacial score (nSPS) is 19.4. The summed E-state index contributed by atoms with van der Waals surface area (Å²) in [6.45, 7) is 2.80. The van der Waals surface area contributed by atoms with E-state index in [1.807, 2.05) is 17.7 Å². The van der Waals surface area contributed by atoms with Gasteiger partial charge in [-0.15, -0.1) is 11.8 Å². The molecule has 1 aromatic carbocycles. The Morgan fingerprint density at radius 2 is 2.32 bits per heavy atom. The number of thioether (sulfide) groups is 1. The molecule has 0 saturated heterocycles. The van der Waals surface area contributed by atoms with Gasteiger partial charge in [-0.2, -0.15) is 5.10 Å². The molecule has 1 aliphatic rings. The molecule has 0 bridgehead atoms. The van der Waals surface area contributed by atoms with Crippen LogP contribution in [0.2, 0.25) is 0 Å². The van der Waals surface area contributed by atoms with Gasteiger partial charge in [0.1, 0.15) is 6.10 Å². The molecule has 1 aromatic heterocycles. The lowest BCUT2D eigenvalue weighted by Crippen LogP contribution is -2.18. The zero-order valence-corrected chi connectivity index (χ0v) is 13.0. The van der Waals surface area contributed by atoms with E-state index in [1.54, 1.807) is 18.0 Å². The molecular weight excluding hydrogens is 324 g/mol.